The lowest BCUT2D eigenvalue weighted by Crippen LogP contribution is -2.14. The molecule has 3 aromatic rings. The van der Waals surface area contributed by atoms with Crippen molar-refractivity contribution < 1.29 is 14.3 Å². The Labute approximate surface area is 187 Å². The summed E-state index contributed by atoms with van der Waals surface area (Å²) in [4.78, 5) is 23.8. The van der Waals surface area contributed by atoms with Crippen LogP contribution in [0.1, 0.15) is 16.7 Å². The Hall–Kier alpha value is -3.64. The Balaban J connectivity index is 0.00000341. The van der Waals surface area contributed by atoms with E-state index in [0.29, 0.717) is 11.3 Å². The molecule has 31 heavy (non-hydrogen) atoms. The number of nitrogen functional groups attached to an aromatic ring is 1. The number of carbonyl (C=O) groups excluding carboxylic acids is 2. The van der Waals surface area contributed by atoms with Crippen molar-refractivity contribution in [1.29, 1.82) is 5.41 Å². The van der Waals surface area contributed by atoms with E-state index < -0.39 is 0 Å². The van der Waals surface area contributed by atoms with Gasteiger partial charge in [-0.3, -0.25) is 15.0 Å². The minimum atomic E-state index is -0.325. The van der Waals surface area contributed by atoms with Gasteiger partial charge in [-0.15, -0.1) is 12.4 Å². The van der Waals surface area contributed by atoms with Gasteiger partial charge in [0.1, 0.15) is 5.84 Å². The van der Waals surface area contributed by atoms with E-state index in [0.717, 1.165) is 22.3 Å². The molecule has 0 fully saturated rings. The van der Waals surface area contributed by atoms with Crippen molar-refractivity contribution in [1.82, 2.24) is 0 Å². The van der Waals surface area contributed by atoms with Crippen LogP contribution in [0.5, 0.6) is 0 Å². The quantitative estimate of drug-likeness (QED) is 0.295. The van der Waals surface area contributed by atoms with Crippen LogP contribution < -0.4 is 11.1 Å². The van der Waals surface area contributed by atoms with Crippen LogP contribution in [0, 0.1) is 5.41 Å². The first kappa shape index (κ1) is 23.6. The molecule has 0 aliphatic rings. The Kier molecular flexibility index (Phi) is 8.34. The second-order valence-electron chi connectivity index (χ2n) is 6.87. The summed E-state index contributed by atoms with van der Waals surface area (Å²) in [7, 11) is 1.35. The number of benzene rings is 3. The number of amidine groups is 1. The fraction of sp³-hybridized carbons (Fsp3) is 0.125. The maximum atomic E-state index is 12.4. The number of esters is 1. The van der Waals surface area contributed by atoms with Gasteiger partial charge in [-0.2, -0.15) is 0 Å². The highest BCUT2D eigenvalue weighted by atomic mass is 35.5. The smallest absolute Gasteiger partial charge is 0.309 e. The highest BCUT2D eigenvalue weighted by molar-refractivity contribution is 5.95. The molecule has 6 nitrogen and oxygen atoms in total. The zero-order valence-corrected chi connectivity index (χ0v) is 17.9. The summed E-state index contributed by atoms with van der Waals surface area (Å²) in [5.41, 5.74) is 10.5. The molecule has 0 saturated heterocycles. The molecule has 3 rings (SSSR count). The predicted molar refractivity (Wildman–Crippen MR) is 125 cm³/mol. The van der Waals surface area contributed by atoms with Crippen molar-refractivity contribution in [3.05, 3.63) is 89.5 Å². The topological polar surface area (TPSA) is 105 Å². The number of anilines is 1. The number of hydrogen-bond donors (Lipinski definition) is 3. The van der Waals surface area contributed by atoms with Crippen molar-refractivity contribution in [2.75, 3.05) is 12.4 Å². The number of nitrogens with two attached hydrogens (primary N) is 1. The van der Waals surface area contributed by atoms with E-state index in [9.17, 15) is 9.59 Å². The molecule has 0 spiro atoms. The van der Waals surface area contributed by atoms with Crippen LogP contribution in [-0.2, 0) is 27.2 Å². The molecule has 4 N–H and O–H groups in total. The lowest BCUT2D eigenvalue weighted by atomic mass is 10.0. The molecule has 0 aromatic heterocycles. The molecule has 0 radical (unpaired) electrons. The number of methoxy groups -OCH3 is 1. The third kappa shape index (κ3) is 6.69. The summed E-state index contributed by atoms with van der Waals surface area (Å²) in [5.74, 6) is -0.419. The van der Waals surface area contributed by atoms with Crippen LogP contribution in [0.2, 0.25) is 0 Å². The molecular weight excluding hydrogens is 414 g/mol. The third-order valence-electron chi connectivity index (χ3n) is 4.63. The maximum Gasteiger partial charge on any atom is 0.309 e. The lowest BCUT2D eigenvalue weighted by molar-refractivity contribution is -0.139. The number of ether oxygens (including phenoxy) is 1. The van der Waals surface area contributed by atoms with E-state index in [4.69, 9.17) is 11.1 Å². The van der Waals surface area contributed by atoms with E-state index in [1.54, 1.807) is 18.2 Å². The van der Waals surface area contributed by atoms with Gasteiger partial charge in [0, 0.05) is 11.3 Å². The fourth-order valence-corrected chi connectivity index (χ4v) is 3.05. The molecule has 160 valence electrons. The van der Waals surface area contributed by atoms with E-state index >= 15 is 0 Å². The summed E-state index contributed by atoms with van der Waals surface area (Å²) in [6.07, 6.45) is 0.403. The van der Waals surface area contributed by atoms with Gasteiger partial charge in [-0.25, -0.2) is 0 Å². The summed E-state index contributed by atoms with van der Waals surface area (Å²) < 4.78 is 4.67. The van der Waals surface area contributed by atoms with Crippen molar-refractivity contribution in [2.24, 2.45) is 5.73 Å². The largest absolute Gasteiger partial charge is 0.469 e. The number of nitrogens with one attached hydrogen (secondary N) is 2. The number of hydrogen-bond acceptors (Lipinski definition) is 4. The van der Waals surface area contributed by atoms with Gasteiger partial charge in [0.15, 0.2) is 0 Å². The summed E-state index contributed by atoms with van der Waals surface area (Å²) in [6, 6.07) is 22.4. The molecule has 7 heteroatoms. The van der Waals surface area contributed by atoms with Crippen molar-refractivity contribution >= 4 is 35.8 Å². The van der Waals surface area contributed by atoms with E-state index in [2.05, 4.69) is 10.1 Å². The fourth-order valence-electron chi connectivity index (χ4n) is 3.05. The molecule has 3 aromatic carbocycles. The second kappa shape index (κ2) is 10.9. The zero-order chi connectivity index (χ0) is 21.5. The van der Waals surface area contributed by atoms with Gasteiger partial charge >= 0.3 is 5.97 Å². The highest BCUT2D eigenvalue weighted by Gasteiger charge is 2.08. The average molecular weight is 438 g/mol. The van der Waals surface area contributed by atoms with Crippen LogP contribution in [0.3, 0.4) is 0 Å². The van der Waals surface area contributed by atoms with E-state index in [1.165, 1.54) is 7.11 Å². The Morgan fingerprint density at radius 1 is 0.903 bits per heavy atom. The van der Waals surface area contributed by atoms with Crippen LogP contribution in [-0.4, -0.2) is 24.8 Å². The normalized spacial score (nSPS) is 9.97. The van der Waals surface area contributed by atoms with Gasteiger partial charge in [0.2, 0.25) is 5.91 Å². The Bertz CT molecular complexity index is 1060. The van der Waals surface area contributed by atoms with Gasteiger partial charge in [0.25, 0.3) is 0 Å². The van der Waals surface area contributed by atoms with Crippen LogP contribution in [0.25, 0.3) is 11.1 Å². The minimum absolute atomic E-state index is 0. The molecular formula is C24H24ClN3O3. The van der Waals surface area contributed by atoms with Crippen LogP contribution >= 0.6 is 12.4 Å². The van der Waals surface area contributed by atoms with Crippen LogP contribution in [0.15, 0.2) is 72.8 Å². The predicted octanol–water partition coefficient (Wildman–Crippen LogP) is 3.96. The first-order valence-electron chi connectivity index (χ1n) is 9.44. The summed E-state index contributed by atoms with van der Waals surface area (Å²) in [6.45, 7) is 0. The van der Waals surface area contributed by atoms with Gasteiger partial charge < -0.3 is 15.8 Å². The first-order chi connectivity index (χ1) is 14.4. The minimum Gasteiger partial charge on any atom is -0.469 e. The number of rotatable bonds is 7. The lowest BCUT2D eigenvalue weighted by Gasteiger charge is -2.08. The molecule has 0 heterocycles. The second-order valence-corrected chi connectivity index (χ2v) is 6.87. The van der Waals surface area contributed by atoms with E-state index in [1.807, 2.05) is 54.6 Å². The van der Waals surface area contributed by atoms with Crippen LogP contribution in [0.4, 0.5) is 5.69 Å². The number of carbonyl (C=O) groups is 2. The zero-order valence-electron chi connectivity index (χ0n) is 17.1. The van der Waals surface area contributed by atoms with Gasteiger partial charge in [-0.05, 0) is 34.4 Å². The summed E-state index contributed by atoms with van der Waals surface area (Å²) in [5, 5.41) is 10.3. The SMILES string of the molecule is COC(=O)Cc1cccc(NC(=O)Cc2ccc(-c3ccc(C(=N)N)cc3)cc2)c1.Cl. The molecule has 0 bridgehead atoms. The average Bonchev–Trinajstić information content (AvgIpc) is 2.74. The first-order valence-corrected chi connectivity index (χ1v) is 9.44. The Morgan fingerprint density at radius 3 is 2.10 bits per heavy atom. The number of halogens is 1. The molecule has 1 amide bonds. The van der Waals surface area contributed by atoms with Crippen molar-refractivity contribution in [2.45, 2.75) is 12.8 Å². The molecule has 0 unspecified atom stereocenters. The van der Waals surface area contributed by atoms with Crippen molar-refractivity contribution in [3.8, 4) is 11.1 Å². The number of amides is 1. The maximum absolute atomic E-state index is 12.4. The molecule has 0 atom stereocenters. The van der Waals surface area contributed by atoms with E-state index in [-0.39, 0.29) is 43.0 Å². The summed E-state index contributed by atoms with van der Waals surface area (Å²) >= 11 is 0. The standard InChI is InChI=1S/C24H23N3O3.ClH/c1-30-23(29)15-17-3-2-4-21(13-17)27-22(28)14-16-5-7-18(8-6-16)19-9-11-20(12-10-19)24(25)26;/h2-13H,14-15H2,1H3,(H3,25,26)(H,27,28);1H. The Morgan fingerprint density at radius 2 is 1.52 bits per heavy atom. The van der Waals surface area contributed by atoms with Crippen molar-refractivity contribution in [3.63, 3.8) is 0 Å². The highest BCUT2D eigenvalue weighted by Crippen LogP contribution is 2.21. The molecule has 0 aliphatic carbocycles. The monoisotopic (exact) mass is 437 g/mol. The molecule has 0 aliphatic heterocycles. The molecule has 0 saturated carbocycles. The third-order valence-corrected chi connectivity index (χ3v) is 4.63. The van der Waals surface area contributed by atoms with Gasteiger partial charge in [-0.1, -0.05) is 60.7 Å². The van der Waals surface area contributed by atoms with Gasteiger partial charge in [0.05, 0.1) is 20.0 Å².